The van der Waals surface area contributed by atoms with Crippen molar-refractivity contribution in [3.63, 3.8) is 0 Å². The van der Waals surface area contributed by atoms with Gasteiger partial charge in [-0.25, -0.2) is 5.43 Å². The van der Waals surface area contributed by atoms with Crippen LogP contribution in [-0.2, 0) is 11.2 Å². The molecule has 0 heterocycles. The lowest BCUT2D eigenvalue weighted by Crippen LogP contribution is -2.19. The predicted molar refractivity (Wildman–Crippen MR) is 111 cm³/mol. The molecule has 2 aromatic rings. The van der Waals surface area contributed by atoms with E-state index in [9.17, 15) is 4.79 Å². The highest BCUT2D eigenvalue weighted by atomic mass is 35.5. The molecule has 0 aliphatic carbocycles. The lowest BCUT2D eigenvalue weighted by molar-refractivity contribution is -0.120. The van der Waals surface area contributed by atoms with Crippen molar-refractivity contribution in [3.05, 3.63) is 52.5 Å². The van der Waals surface area contributed by atoms with Crippen molar-refractivity contribution in [2.24, 2.45) is 5.10 Å². The number of ether oxygens (including phenoxy) is 3. The lowest BCUT2D eigenvalue weighted by atomic mass is 10.1. The van der Waals surface area contributed by atoms with Gasteiger partial charge in [0.1, 0.15) is 5.75 Å². The Labute approximate surface area is 170 Å². The van der Waals surface area contributed by atoms with Gasteiger partial charge < -0.3 is 14.2 Å². The number of nitrogens with zero attached hydrogens (tertiary/aromatic N) is 1. The molecule has 1 amide bonds. The van der Waals surface area contributed by atoms with Gasteiger partial charge in [-0.2, -0.15) is 5.10 Å². The predicted octanol–water partition coefficient (Wildman–Crippen LogP) is 4.23. The lowest BCUT2D eigenvalue weighted by Gasteiger charge is -2.17. The zero-order valence-corrected chi connectivity index (χ0v) is 17.2. The molecule has 6 nitrogen and oxygen atoms in total. The van der Waals surface area contributed by atoms with E-state index in [0.29, 0.717) is 27.8 Å². The summed E-state index contributed by atoms with van der Waals surface area (Å²) in [5.41, 5.74) is 4.02. The molecule has 1 N–H and O–H groups in total. The molecule has 0 bridgehead atoms. The molecule has 2 aromatic carbocycles. The highest BCUT2D eigenvalue weighted by molar-refractivity contribution is 6.32. The van der Waals surface area contributed by atoms with E-state index in [-0.39, 0.29) is 18.4 Å². The third kappa shape index (κ3) is 6.16. The van der Waals surface area contributed by atoms with Crippen LogP contribution in [0.15, 0.2) is 41.5 Å². The van der Waals surface area contributed by atoms with E-state index in [1.165, 1.54) is 6.21 Å². The van der Waals surface area contributed by atoms with Gasteiger partial charge in [-0.15, -0.1) is 0 Å². The fourth-order valence-electron chi connectivity index (χ4n) is 2.40. The Bertz CT molecular complexity index is 839. The summed E-state index contributed by atoms with van der Waals surface area (Å²) in [6.07, 6.45) is 2.56. The number of hydrogen-bond donors (Lipinski definition) is 1. The molecular formula is C21H25ClN2O4. The first-order chi connectivity index (χ1) is 13.5. The summed E-state index contributed by atoms with van der Waals surface area (Å²) in [5.74, 6) is 1.48. The minimum atomic E-state index is -0.237. The van der Waals surface area contributed by atoms with Crippen LogP contribution in [0.3, 0.4) is 0 Å². The summed E-state index contributed by atoms with van der Waals surface area (Å²) in [6.45, 7) is 3.99. The van der Waals surface area contributed by atoms with Crippen molar-refractivity contribution < 1.29 is 19.0 Å². The summed E-state index contributed by atoms with van der Waals surface area (Å²) in [4.78, 5) is 12.1. The van der Waals surface area contributed by atoms with Gasteiger partial charge in [0.15, 0.2) is 11.5 Å². The number of methoxy groups -OCH3 is 2. The summed E-state index contributed by atoms with van der Waals surface area (Å²) >= 11 is 6.33. The smallest absolute Gasteiger partial charge is 0.244 e. The monoisotopic (exact) mass is 404 g/mol. The van der Waals surface area contributed by atoms with Crippen LogP contribution >= 0.6 is 11.6 Å². The number of hydrazone groups is 1. The largest absolute Gasteiger partial charge is 0.497 e. The van der Waals surface area contributed by atoms with Crippen molar-refractivity contribution in [1.82, 2.24) is 5.43 Å². The number of benzene rings is 2. The first-order valence-electron chi connectivity index (χ1n) is 8.95. The van der Waals surface area contributed by atoms with E-state index >= 15 is 0 Å². The van der Waals surface area contributed by atoms with Crippen LogP contribution < -0.4 is 19.6 Å². The second-order valence-electron chi connectivity index (χ2n) is 6.19. The van der Waals surface area contributed by atoms with Crippen LogP contribution in [0.4, 0.5) is 0 Å². The maximum atomic E-state index is 12.1. The van der Waals surface area contributed by atoms with Crippen LogP contribution in [0, 0.1) is 0 Å². The van der Waals surface area contributed by atoms with E-state index < -0.39 is 0 Å². The molecule has 0 saturated carbocycles. The fraction of sp³-hybridized carbons (Fsp3) is 0.333. The molecule has 0 aliphatic rings. The van der Waals surface area contributed by atoms with E-state index in [2.05, 4.69) is 10.5 Å². The topological polar surface area (TPSA) is 69.2 Å². The normalized spacial score (nSPS) is 11.9. The minimum absolute atomic E-state index is 0.0156. The zero-order valence-electron chi connectivity index (χ0n) is 16.5. The van der Waals surface area contributed by atoms with Crippen LogP contribution in [0.5, 0.6) is 17.2 Å². The second-order valence-corrected chi connectivity index (χ2v) is 6.60. The van der Waals surface area contributed by atoms with E-state index in [1.54, 1.807) is 26.4 Å². The van der Waals surface area contributed by atoms with E-state index in [0.717, 1.165) is 12.0 Å². The number of carbonyl (C=O) groups excluding carboxylic acids is 1. The quantitative estimate of drug-likeness (QED) is 0.501. The third-order valence-electron chi connectivity index (χ3n) is 4.05. The highest BCUT2D eigenvalue weighted by Gasteiger charge is 2.14. The Morgan fingerprint density at radius 3 is 2.71 bits per heavy atom. The Balaban J connectivity index is 2.03. The Morgan fingerprint density at radius 1 is 1.25 bits per heavy atom. The number of rotatable bonds is 9. The van der Waals surface area contributed by atoms with E-state index in [1.807, 2.05) is 38.1 Å². The molecule has 28 heavy (non-hydrogen) atoms. The zero-order chi connectivity index (χ0) is 20.5. The van der Waals surface area contributed by atoms with Gasteiger partial charge in [0.05, 0.1) is 38.0 Å². The van der Waals surface area contributed by atoms with Crippen molar-refractivity contribution >= 4 is 23.7 Å². The third-order valence-corrected chi connectivity index (χ3v) is 4.33. The molecule has 0 fully saturated rings. The Kier molecular flexibility index (Phi) is 8.14. The number of amides is 1. The second kappa shape index (κ2) is 10.6. The van der Waals surface area contributed by atoms with Crippen LogP contribution in [-0.4, -0.2) is 32.4 Å². The summed E-state index contributed by atoms with van der Waals surface area (Å²) in [6, 6.07) is 10.8. The van der Waals surface area contributed by atoms with Crippen molar-refractivity contribution in [2.45, 2.75) is 32.8 Å². The van der Waals surface area contributed by atoms with Gasteiger partial charge >= 0.3 is 0 Å². The van der Waals surface area contributed by atoms with Crippen molar-refractivity contribution in [3.8, 4) is 17.2 Å². The maximum absolute atomic E-state index is 12.1. The molecule has 0 radical (unpaired) electrons. The standard InChI is InChI=1S/C21H25ClN2O4/c1-5-14(2)28-21-18(22)10-16(11-19(21)27-4)13-23-24-20(25)12-15-7-6-8-17(9-15)26-3/h6-11,13-14H,5,12H2,1-4H3,(H,24,25)/b23-13+/t14-/m1/s1. The molecule has 0 unspecified atom stereocenters. The first-order valence-corrected chi connectivity index (χ1v) is 9.33. The number of carbonyl (C=O) groups is 1. The summed E-state index contributed by atoms with van der Waals surface area (Å²) < 4.78 is 16.3. The molecule has 150 valence electrons. The van der Waals surface area contributed by atoms with Gasteiger partial charge in [-0.1, -0.05) is 30.7 Å². The average molecular weight is 405 g/mol. The molecule has 0 spiro atoms. The number of halogens is 1. The van der Waals surface area contributed by atoms with Gasteiger partial charge in [0, 0.05) is 0 Å². The summed E-state index contributed by atoms with van der Waals surface area (Å²) in [5, 5.41) is 4.41. The number of nitrogens with one attached hydrogen (secondary N) is 1. The van der Waals surface area contributed by atoms with Crippen LogP contribution in [0.1, 0.15) is 31.4 Å². The van der Waals surface area contributed by atoms with Gasteiger partial charge in [-0.3, -0.25) is 4.79 Å². The molecule has 2 rings (SSSR count). The molecule has 1 atom stereocenters. The maximum Gasteiger partial charge on any atom is 0.244 e. The van der Waals surface area contributed by atoms with Crippen LogP contribution in [0.2, 0.25) is 5.02 Å². The summed E-state index contributed by atoms with van der Waals surface area (Å²) in [7, 11) is 3.13. The van der Waals surface area contributed by atoms with E-state index in [4.69, 9.17) is 25.8 Å². The fourth-order valence-corrected chi connectivity index (χ4v) is 2.66. The highest BCUT2D eigenvalue weighted by Crippen LogP contribution is 2.37. The minimum Gasteiger partial charge on any atom is -0.497 e. The van der Waals surface area contributed by atoms with Crippen molar-refractivity contribution in [1.29, 1.82) is 0 Å². The van der Waals surface area contributed by atoms with Crippen LogP contribution in [0.25, 0.3) is 0 Å². The Morgan fingerprint density at radius 2 is 2.04 bits per heavy atom. The Hall–Kier alpha value is -2.73. The molecule has 0 saturated heterocycles. The molecule has 7 heteroatoms. The number of hydrogen-bond acceptors (Lipinski definition) is 5. The van der Waals surface area contributed by atoms with Gasteiger partial charge in [0.25, 0.3) is 0 Å². The van der Waals surface area contributed by atoms with Crippen molar-refractivity contribution in [2.75, 3.05) is 14.2 Å². The van der Waals surface area contributed by atoms with Gasteiger partial charge in [-0.05, 0) is 48.7 Å². The molecule has 0 aliphatic heterocycles. The van der Waals surface area contributed by atoms with Gasteiger partial charge in [0.2, 0.25) is 5.91 Å². The molecule has 0 aromatic heterocycles. The SMILES string of the molecule is CC[C@@H](C)Oc1c(Cl)cc(/C=N/NC(=O)Cc2cccc(OC)c2)cc1OC. The average Bonchev–Trinajstić information content (AvgIpc) is 2.69. The first kappa shape index (κ1) is 21.6. The molecular weight excluding hydrogens is 380 g/mol.